The SMILES string of the molecule is C#CCO[C@@H]1Cc2ccccc2[C@@H]1NC(=O)[C@@H]1CCCN1C(=O)[C@@H](N)C1CCCCC1. The lowest BCUT2D eigenvalue weighted by atomic mass is 9.83. The van der Waals surface area contributed by atoms with Gasteiger partial charge in [0.15, 0.2) is 0 Å². The summed E-state index contributed by atoms with van der Waals surface area (Å²) in [6, 6.07) is 6.80. The zero-order valence-electron chi connectivity index (χ0n) is 18.1. The number of ether oxygens (including phenoxy) is 1. The van der Waals surface area contributed by atoms with E-state index in [9.17, 15) is 9.59 Å². The summed E-state index contributed by atoms with van der Waals surface area (Å²) in [4.78, 5) is 28.2. The Morgan fingerprint density at radius 2 is 1.97 bits per heavy atom. The van der Waals surface area contributed by atoms with Gasteiger partial charge in [0.25, 0.3) is 0 Å². The second-order valence-corrected chi connectivity index (χ2v) is 9.06. The molecule has 0 unspecified atom stereocenters. The van der Waals surface area contributed by atoms with Crippen LogP contribution in [0.3, 0.4) is 0 Å². The van der Waals surface area contributed by atoms with Crippen LogP contribution in [0.1, 0.15) is 62.1 Å². The maximum atomic E-state index is 13.3. The Balaban J connectivity index is 1.45. The number of carbonyl (C=O) groups is 2. The van der Waals surface area contributed by atoms with Crippen LogP contribution >= 0.6 is 0 Å². The number of benzene rings is 1. The van der Waals surface area contributed by atoms with Crippen LogP contribution < -0.4 is 11.1 Å². The molecule has 0 spiro atoms. The average molecular weight is 424 g/mol. The zero-order chi connectivity index (χ0) is 21.8. The minimum atomic E-state index is -0.507. The number of rotatable bonds is 6. The monoisotopic (exact) mass is 423 g/mol. The number of nitrogens with two attached hydrogens (primary N) is 1. The molecule has 6 heteroatoms. The van der Waals surface area contributed by atoms with Gasteiger partial charge in [0.2, 0.25) is 11.8 Å². The van der Waals surface area contributed by atoms with Crippen molar-refractivity contribution in [3.8, 4) is 12.3 Å². The predicted octanol–water partition coefficient (Wildman–Crippen LogP) is 2.32. The Labute approximate surface area is 184 Å². The first kappa shape index (κ1) is 21.9. The fraction of sp³-hybridized carbons (Fsp3) is 0.600. The largest absolute Gasteiger partial charge is 0.363 e. The molecule has 4 rings (SSSR count). The van der Waals surface area contributed by atoms with Gasteiger partial charge in [0.1, 0.15) is 12.6 Å². The molecule has 1 heterocycles. The third-order valence-corrected chi connectivity index (χ3v) is 7.14. The van der Waals surface area contributed by atoms with E-state index in [2.05, 4.69) is 17.3 Å². The molecule has 1 aromatic rings. The molecule has 31 heavy (non-hydrogen) atoms. The van der Waals surface area contributed by atoms with E-state index >= 15 is 0 Å². The molecular formula is C25H33N3O3. The van der Waals surface area contributed by atoms with E-state index in [0.717, 1.165) is 43.2 Å². The maximum absolute atomic E-state index is 13.3. The standard InChI is InChI=1S/C25H33N3O3/c1-2-15-31-21-16-18-11-6-7-12-19(18)23(21)27-24(29)20-13-8-14-28(20)25(30)22(26)17-9-4-3-5-10-17/h1,6-7,11-12,17,20-23H,3-5,8-10,13-16,26H2,(H,27,29)/t20-,21+,22-,23-/m0/s1. The molecule has 3 aliphatic rings. The second kappa shape index (κ2) is 9.84. The summed E-state index contributed by atoms with van der Waals surface area (Å²) in [5, 5.41) is 3.17. The van der Waals surface area contributed by atoms with E-state index < -0.39 is 12.1 Å². The molecule has 1 aromatic carbocycles. The molecule has 0 aromatic heterocycles. The fourth-order valence-corrected chi connectivity index (χ4v) is 5.48. The minimum Gasteiger partial charge on any atom is -0.363 e. The Morgan fingerprint density at radius 1 is 1.19 bits per heavy atom. The molecule has 3 N–H and O–H groups in total. The van der Waals surface area contributed by atoms with Crippen molar-refractivity contribution in [3.05, 3.63) is 35.4 Å². The quantitative estimate of drug-likeness (QED) is 0.688. The number of terminal acetylenes is 1. The lowest BCUT2D eigenvalue weighted by Crippen LogP contribution is -2.54. The van der Waals surface area contributed by atoms with Crippen molar-refractivity contribution >= 4 is 11.8 Å². The number of amides is 2. The molecule has 166 valence electrons. The Kier molecular flexibility index (Phi) is 6.94. The molecule has 1 saturated carbocycles. The molecule has 2 fully saturated rings. The minimum absolute atomic E-state index is 0.0727. The van der Waals surface area contributed by atoms with Gasteiger partial charge in [0.05, 0.1) is 18.2 Å². The van der Waals surface area contributed by atoms with Crippen LogP contribution in [0, 0.1) is 18.3 Å². The number of hydrogen-bond donors (Lipinski definition) is 2. The highest BCUT2D eigenvalue weighted by molar-refractivity contribution is 5.90. The van der Waals surface area contributed by atoms with Crippen molar-refractivity contribution < 1.29 is 14.3 Å². The first-order valence-corrected chi connectivity index (χ1v) is 11.6. The van der Waals surface area contributed by atoms with Gasteiger partial charge in [-0.2, -0.15) is 0 Å². The topological polar surface area (TPSA) is 84.7 Å². The highest BCUT2D eigenvalue weighted by Gasteiger charge is 2.41. The van der Waals surface area contributed by atoms with Gasteiger partial charge in [-0.15, -0.1) is 6.42 Å². The Bertz CT molecular complexity index is 843. The van der Waals surface area contributed by atoms with Crippen molar-refractivity contribution in [2.75, 3.05) is 13.2 Å². The van der Waals surface area contributed by atoms with Gasteiger partial charge in [-0.05, 0) is 42.7 Å². The van der Waals surface area contributed by atoms with Crippen LogP contribution in [0.2, 0.25) is 0 Å². The van der Waals surface area contributed by atoms with Crippen molar-refractivity contribution in [1.82, 2.24) is 10.2 Å². The molecule has 0 radical (unpaired) electrons. The average Bonchev–Trinajstić information content (AvgIpc) is 3.42. The van der Waals surface area contributed by atoms with Crippen LogP contribution in [0.5, 0.6) is 0 Å². The smallest absolute Gasteiger partial charge is 0.243 e. The number of hydrogen-bond acceptors (Lipinski definition) is 4. The van der Waals surface area contributed by atoms with Gasteiger partial charge in [-0.1, -0.05) is 49.4 Å². The summed E-state index contributed by atoms with van der Waals surface area (Å²) in [6.45, 7) is 0.797. The van der Waals surface area contributed by atoms with Crippen LogP contribution in [0.4, 0.5) is 0 Å². The van der Waals surface area contributed by atoms with Crippen molar-refractivity contribution in [3.63, 3.8) is 0 Å². The van der Waals surface area contributed by atoms with Crippen LogP contribution in [0.25, 0.3) is 0 Å². The van der Waals surface area contributed by atoms with E-state index in [0.29, 0.717) is 19.4 Å². The lowest BCUT2D eigenvalue weighted by molar-refractivity contribution is -0.141. The number of nitrogens with one attached hydrogen (secondary N) is 1. The predicted molar refractivity (Wildman–Crippen MR) is 119 cm³/mol. The number of likely N-dealkylation sites (tertiary alicyclic amines) is 1. The van der Waals surface area contributed by atoms with Crippen LogP contribution in [-0.2, 0) is 20.7 Å². The van der Waals surface area contributed by atoms with Crippen molar-refractivity contribution in [1.29, 1.82) is 0 Å². The normalized spacial score (nSPS) is 26.8. The second-order valence-electron chi connectivity index (χ2n) is 9.06. The van der Waals surface area contributed by atoms with E-state index in [1.165, 1.54) is 6.42 Å². The highest BCUT2D eigenvalue weighted by Crippen LogP contribution is 2.34. The lowest BCUT2D eigenvalue weighted by Gasteiger charge is -2.33. The van der Waals surface area contributed by atoms with Gasteiger partial charge >= 0.3 is 0 Å². The Hall–Kier alpha value is -2.36. The van der Waals surface area contributed by atoms with E-state index in [4.69, 9.17) is 16.9 Å². The molecule has 4 atom stereocenters. The van der Waals surface area contributed by atoms with Crippen molar-refractivity contribution in [2.45, 2.75) is 75.6 Å². The van der Waals surface area contributed by atoms with Gasteiger partial charge < -0.3 is 20.7 Å². The Morgan fingerprint density at radius 3 is 2.74 bits per heavy atom. The molecule has 2 aliphatic carbocycles. The summed E-state index contributed by atoms with van der Waals surface area (Å²) < 4.78 is 5.85. The molecule has 1 aliphatic heterocycles. The number of carbonyl (C=O) groups excluding carboxylic acids is 2. The first-order valence-electron chi connectivity index (χ1n) is 11.6. The number of fused-ring (bicyclic) bond motifs is 1. The van der Waals surface area contributed by atoms with E-state index in [1.54, 1.807) is 4.90 Å². The summed E-state index contributed by atoms with van der Waals surface area (Å²) in [7, 11) is 0. The maximum Gasteiger partial charge on any atom is 0.243 e. The molecule has 1 saturated heterocycles. The van der Waals surface area contributed by atoms with Crippen LogP contribution in [0.15, 0.2) is 24.3 Å². The summed E-state index contributed by atoms with van der Waals surface area (Å²) >= 11 is 0. The highest BCUT2D eigenvalue weighted by atomic mass is 16.5. The first-order chi connectivity index (χ1) is 15.1. The van der Waals surface area contributed by atoms with Gasteiger partial charge in [-0.25, -0.2) is 0 Å². The summed E-state index contributed by atoms with van der Waals surface area (Å²) in [5.74, 6) is 2.54. The molecular weight excluding hydrogens is 390 g/mol. The summed E-state index contributed by atoms with van der Waals surface area (Å²) in [5.41, 5.74) is 8.60. The molecule has 0 bridgehead atoms. The van der Waals surface area contributed by atoms with Crippen molar-refractivity contribution in [2.24, 2.45) is 11.7 Å². The van der Waals surface area contributed by atoms with E-state index in [1.807, 2.05) is 18.2 Å². The van der Waals surface area contributed by atoms with Gasteiger partial charge in [-0.3, -0.25) is 9.59 Å². The molecule has 6 nitrogen and oxygen atoms in total. The molecule has 2 amide bonds. The van der Waals surface area contributed by atoms with Gasteiger partial charge in [0, 0.05) is 13.0 Å². The van der Waals surface area contributed by atoms with E-state index in [-0.39, 0.29) is 36.5 Å². The van der Waals surface area contributed by atoms with Crippen LogP contribution in [-0.4, -0.2) is 48.1 Å². The third-order valence-electron chi connectivity index (χ3n) is 7.14. The number of nitrogens with zero attached hydrogens (tertiary/aromatic N) is 1. The fourth-order valence-electron chi connectivity index (χ4n) is 5.48. The zero-order valence-corrected chi connectivity index (χ0v) is 18.1. The summed E-state index contributed by atoms with van der Waals surface area (Å²) in [6.07, 6.45) is 12.9. The third kappa shape index (κ3) is 4.63.